The van der Waals surface area contributed by atoms with Gasteiger partial charge in [0.1, 0.15) is 11.6 Å². The Morgan fingerprint density at radius 2 is 1.49 bits per heavy atom. The van der Waals surface area contributed by atoms with Gasteiger partial charge in [-0.05, 0) is 86.5 Å². The number of Topliss-reactive ketones (excluding diaryl/α,β-unsaturated/α-hetero) is 3. The number of rotatable bonds is 9. The molecule has 0 fully saturated rings. The average Bonchev–Trinajstić information content (AvgIpc) is 2.87. The van der Waals surface area contributed by atoms with Gasteiger partial charge in [-0.15, -0.1) is 0 Å². The van der Waals surface area contributed by atoms with Crippen LogP contribution in [0.4, 0.5) is 0 Å². The van der Waals surface area contributed by atoms with E-state index in [4.69, 9.17) is 0 Å². The maximum Gasteiger partial charge on any atom is 0.163 e. The Labute approximate surface area is 251 Å². The minimum Gasteiger partial charge on any atom is -0.300 e. The molecule has 0 N–H and O–H groups in total. The van der Waals surface area contributed by atoms with Gasteiger partial charge in [-0.3, -0.25) is 14.4 Å². The molecule has 3 heteroatoms. The molecule has 0 radical (unpaired) electrons. The first kappa shape index (κ1) is 36.5. The van der Waals surface area contributed by atoms with Gasteiger partial charge in [-0.1, -0.05) is 110 Å². The summed E-state index contributed by atoms with van der Waals surface area (Å²) in [5.41, 5.74) is 7.40. The quantitative estimate of drug-likeness (QED) is 0.286. The maximum absolute atomic E-state index is 12.8. The first-order valence-corrected chi connectivity index (χ1v) is 15.9. The standard InChI is InChI=1S/C24H34O3.C11H16.C3H8/c1-6-8-19(21(7-2)22(26)11-16(4)25)12-18-13-20-10-9-15(3)17(5)24(20)23(27)14-18;1-9-5-7-10(8-6-9)11(2,3)4;1-3-2/h9-10,18-19,21H,6-8,11-14H2,1-5H3;5-8H,1-4H3;3H2,1-2H3. The van der Waals surface area contributed by atoms with Crippen molar-refractivity contribution in [2.45, 2.75) is 133 Å². The third-order valence-electron chi connectivity index (χ3n) is 8.14. The van der Waals surface area contributed by atoms with Crippen molar-refractivity contribution < 1.29 is 14.4 Å². The Balaban J connectivity index is 0.000000496. The Bertz CT molecular complexity index is 1120. The van der Waals surface area contributed by atoms with E-state index in [2.05, 4.69) is 91.8 Å². The van der Waals surface area contributed by atoms with Crippen LogP contribution >= 0.6 is 0 Å². The first-order chi connectivity index (χ1) is 19.2. The molecule has 0 spiro atoms. The summed E-state index contributed by atoms with van der Waals surface area (Å²) in [5.74, 6) is 0.769. The minimum atomic E-state index is -0.0647. The highest BCUT2D eigenvalue weighted by molar-refractivity contribution is 6.00. The molecule has 228 valence electrons. The van der Waals surface area contributed by atoms with Crippen molar-refractivity contribution in [2.24, 2.45) is 17.8 Å². The van der Waals surface area contributed by atoms with Gasteiger partial charge in [-0.2, -0.15) is 0 Å². The van der Waals surface area contributed by atoms with Crippen LogP contribution in [0.1, 0.15) is 139 Å². The summed E-state index contributed by atoms with van der Waals surface area (Å²) >= 11 is 0. The molecular weight excluding hydrogens is 504 g/mol. The Kier molecular flexibility index (Phi) is 15.5. The van der Waals surface area contributed by atoms with Gasteiger partial charge in [0.2, 0.25) is 0 Å². The molecule has 0 aromatic heterocycles. The third kappa shape index (κ3) is 11.7. The second-order valence-corrected chi connectivity index (χ2v) is 13.2. The molecule has 0 aliphatic heterocycles. The molecule has 0 bridgehead atoms. The van der Waals surface area contributed by atoms with Crippen molar-refractivity contribution in [3.05, 3.63) is 69.8 Å². The molecule has 1 aliphatic carbocycles. The fraction of sp³-hybridized carbons (Fsp3) is 0.605. The molecule has 0 saturated heterocycles. The number of carbonyl (C=O) groups excluding carboxylic acids is 3. The molecule has 0 heterocycles. The van der Waals surface area contributed by atoms with Crippen LogP contribution < -0.4 is 0 Å². The molecule has 3 unspecified atom stereocenters. The SMILES string of the molecule is CCC.CCCC(CC1CC(=O)c2c(ccc(C)c2C)C1)C(CC)C(=O)CC(C)=O.Cc1ccc(C(C)(C)C)cc1. The van der Waals surface area contributed by atoms with E-state index in [9.17, 15) is 14.4 Å². The van der Waals surface area contributed by atoms with Crippen LogP contribution in [0.15, 0.2) is 36.4 Å². The molecule has 41 heavy (non-hydrogen) atoms. The van der Waals surface area contributed by atoms with Gasteiger partial charge in [-0.25, -0.2) is 0 Å². The Morgan fingerprint density at radius 3 is 1.98 bits per heavy atom. The summed E-state index contributed by atoms with van der Waals surface area (Å²) in [5, 5.41) is 0. The van der Waals surface area contributed by atoms with E-state index in [0.717, 1.165) is 48.8 Å². The number of hydrogen-bond donors (Lipinski definition) is 0. The minimum absolute atomic E-state index is 0.0453. The second-order valence-electron chi connectivity index (χ2n) is 13.2. The summed E-state index contributed by atoms with van der Waals surface area (Å²) in [6.45, 7) is 22.8. The second kappa shape index (κ2) is 17.4. The lowest BCUT2D eigenvalue weighted by Crippen LogP contribution is -2.29. The highest BCUT2D eigenvalue weighted by Gasteiger charge is 2.33. The third-order valence-corrected chi connectivity index (χ3v) is 8.14. The molecule has 3 atom stereocenters. The van der Waals surface area contributed by atoms with E-state index in [-0.39, 0.29) is 41.0 Å². The maximum atomic E-state index is 12.8. The molecule has 3 rings (SSSR count). The monoisotopic (exact) mass is 562 g/mol. The van der Waals surface area contributed by atoms with Crippen LogP contribution in [-0.2, 0) is 21.4 Å². The normalized spacial score (nSPS) is 15.9. The van der Waals surface area contributed by atoms with Crippen molar-refractivity contribution in [1.82, 2.24) is 0 Å². The summed E-state index contributed by atoms with van der Waals surface area (Å²) in [6, 6.07) is 13.0. The zero-order chi connectivity index (χ0) is 31.3. The zero-order valence-corrected chi connectivity index (χ0v) is 28.1. The van der Waals surface area contributed by atoms with E-state index in [1.807, 2.05) is 13.8 Å². The average molecular weight is 563 g/mol. The summed E-state index contributed by atoms with van der Waals surface area (Å²) in [7, 11) is 0. The number of aryl methyl sites for hydroxylation is 2. The number of hydrogen-bond acceptors (Lipinski definition) is 3. The first-order valence-electron chi connectivity index (χ1n) is 15.9. The van der Waals surface area contributed by atoms with Crippen LogP contribution in [0.5, 0.6) is 0 Å². The molecular formula is C38H58O3. The van der Waals surface area contributed by atoms with Crippen molar-refractivity contribution in [1.29, 1.82) is 0 Å². The van der Waals surface area contributed by atoms with Gasteiger partial charge in [0, 0.05) is 17.9 Å². The van der Waals surface area contributed by atoms with Crippen molar-refractivity contribution in [3.8, 4) is 0 Å². The molecule has 1 aliphatic rings. The van der Waals surface area contributed by atoms with Crippen molar-refractivity contribution in [2.75, 3.05) is 0 Å². The summed E-state index contributed by atoms with van der Waals surface area (Å²) in [4.78, 5) is 36.8. The van der Waals surface area contributed by atoms with Crippen LogP contribution in [0, 0.1) is 38.5 Å². The molecule has 0 saturated carbocycles. The Hall–Kier alpha value is -2.55. The fourth-order valence-corrected chi connectivity index (χ4v) is 5.88. The van der Waals surface area contributed by atoms with Gasteiger partial charge in [0.05, 0.1) is 6.42 Å². The zero-order valence-electron chi connectivity index (χ0n) is 28.1. The fourth-order valence-electron chi connectivity index (χ4n) is 5.88. The van der Waals surface area contributed by atoms with E-state index >= 15 is 0 Å². The number of benzene rings is 2. The lowest BCUT2D eigenvalue weighted by Gasteiger charge is -2.32. The van der Waals surface area contributed by atoms with Crippen LogP contribution in [0.2, 0.25) is 0 Å². The van der Waals surface area contributed by atoms with Crippen LogP contribution in [-0.4, -0.2) is 17.3 Å². The van der Waals surface area contributed by atoms with Gasteiger partial charge >= 0.3 is 0 Å². The number of carbonyl (C=O) groups is 3. The number of ketones is 3. The molecule has 2 aromatic carbocycles. The molecule has 3 nitrogen and oxygen atoms in total. The lowest BCUT2D eigenvalue weighted by atomic mass is 9.72. The van der Waals surface area contributed by atoms with Crippen LogP contribution in [0.25, 0.3) is 0 Å². The van der Waals surface area contributed by atoms with E-state index in [1.54, 1.807) is 0 Å². The number of fused-ring (bicyclic) bond motifs is 1. The van der Waals surface area contributed by atoms with E-state index in [1.165, 1.54) is 30.0 Å². The highest BCUT2D eigenvalue weighted by atomic mass is 16.1. The van der Waals surface area contributed by atoms with Gasteiger partial charge in [0.15, 0.2) is 5.78 Å². The van der Waals surface area contributed by atoms with Crippen LogP contribution in [0.3, 0.4) is 0 Å². The summed E-state index contributed by atoms with van der Waals surface area (Å²) < 4.78 is 0. The van der Waals surface area contributed by atoms with Crippen molar-refractivity contribution >= 4 is 17.3 Å². The largest absolute Gasteiger partial charge is 0.300 e. The predicted octanol–water partition coefficient (Wildman–Crippen LogP) is 10.1. The van der Waals surface area contributed by atoms with Crippen molar-refractivity contribution in [3.63, 3.8) is 0 Å². The van der Waals surface area contributed by atoms with E-state index in [0.29, 0.717) is 12.3 Å². The van der Waals surface area contributed by atoms with Gasteiger partial charge in [0.25, 0.3) is 0 Å². The topological polar surface area (TPSA) is 51.2 Å². The highest BCUT2D eigenvalue weighted by Crippen LogP contribution is 2.36. The van der Waals surface area contributed by atoms with Gasteiger partial charge < -0.3 is 0 Å². The lowest BCUT2D eigenvalue weighted by molar-refractivity contribution is -0.129. The van der Waals surface area contributed by atoms with E-state index < -0.39 is 0 Å². The molecule has 0 amide bonds. The smallest absolute Gasteiger partial charge is 0.163 e. The predicted molar refractivity (Wildman–Crippen MR) is 175 cm³/mol. The summed E-state index contributed by atoms with van der Waals surface area (Å²) in [6.07, 6.45) is 6.45. The molecule has 2 aromatic rings. The Morgan fingerprint density at radius 1 is 0.902 bits per heavy atom.